The zero-order valence-electron chi connectivity index (χ0n) is 21.8. The highest BCUT2D eigenvalue weighted by Crippen LogP contribution is 2.57. The molecular formula is C29H34Cl2FN3O3. The molecule has 204 valence electrons. The number of hydrogen-bond acceptors (Lipinski definition) is 4. The van der Waals surface area contributed by atoms with Crippen LogP contribution in [0.15, 0.2) is 36.4 Å². The summed E-state index contributed by atoms with van der Waals surface area (Å²) in [5, 5.41) is 19.9. The van der Waals surface area contributed by atoms with Gasteiger partial charge >= 0.3 is 0 Å². The van der Waals surface area contributed by atoms with E-state index in [1.165, 1.54) is 6.07 Å². The van der Waals surface area contributed by atoms with Crippen molar-refractivity contribution in [1.82, 2.24) is 10.6 Å². The molecule has 2 aliphatic heterocycles. The van der Waals surface area contributed by atoms with Gasteiger partial charge in [0.2, 0.25) is 11.8 Å². The van der Waals surface area contributed by atoms with Crippen LogP contribution in [0.25, 0.3) is 0 Å². The molecule has 2 amide bonds. The zero-order valence-corrected chi connectivity index (χ0v) is 23.3. The summed E-state index contributed by atoms with van der Waals surface area (Å²) in [5.74, 6) is -2.09. The quantitative estimate of drug-likeness (QED) is 0.407. The highest BCUT2D eigenvalue weighted by Gasteiger charge is 2.66. The Bertz CT molecular complexity index is 1260. The van der Waals surface area contributed by atoms with Crippen LogP contribution < -0.4 is 16.0 Å². The fraction of sp³-hybridized carbons (Fsp3) is 0.517. The number of hydrogen-bond donors (Lipinski definition) is 4. The lowest BCUT2D eigenvalue weighted by molar-refractivity contribution is -0.124. The van der Waals surface area contributed by atoms with Gasteiger partial charge in [0.05, 0.1) is 17.2 Å². The third-order valence-corrected chi connectivity index (χ3v) is 8.79. The lowest BCUT2D eigenvalue weighted by Gasteiger charge is -2.38. The van der Waals surface area contributed by atoms with Gasteiger partial charge in [-0.25, -0.2) is 4.39 Å². The molecule has 3 aliphatic rings. The van der Waals surface area contributed by atoms with E-state index in [4.69, 9.17) is 23.2 Å². The number of benzene rings is 2. The smallest absolute Gasteiger partial charge is 0.238 e. The molecule has 0 unspecified atom stereocenters. The number of fused-ring (bicyclic) bond motifs is 2. The summed E-state index contributed by atoms with van der Waals surface area (Å²) < 4.78 is 15.8. The van der Waals surface area contributed by atoms with Crippen molar-refractivity contribution in [3.63, 3.8) is 0 Å². The SMILES string of the molecule is CC(C)(C)C[C@H]1N[C@@H](C(=O)N[C@H]2CC[C@H](O)CC2)[C@H](c2cccc(Cl)c2F)[C@]12C(=O)Nc1cc(Cl)ccc12. The lowest BCUT2D eigenvalue weighted by atomic mass is 9.62. The van der Waals surface area contributed by atoms with Crippen molar-refractivity contribution in [2.24, 2.45) is 5.41 Å². The number of carbonyl (C=O) groups excluding carboxylic acids is 2. The molecule has 4 atom stereocenters. The maximum Gasteiger partial charge on any atom is 0.238 e. The first-order chi connectivity index (χ1) is 17.9. The van der Waals surface area contributed by atoms with Crippen LogP contribution in [0.2, 0.25) is 10.0 Å². The van der Waals surface area contributed by atoms with Gasteiger partial charge in [-0.15, -0.1) is 0 Å². The Kier molecular flexibility index (Phi) is 7.27. The minimum absolute atomic E-state index is 0.0629. The van der Waals surface area contributed by atoms with E-state index in [9.17, 15) is 14.7 Å². The first-order valence-corrected chi connectivity index (χ1v) is 14.0. The van der Waals surface area contributed by atoms with E-state index in [0.717, 1.165) is 0 Å². The first-order valence-electron chi connectivity index (χ1n) is 13.2. The molecule has 9 heteroatoms. The van der Waals surface area contributed by atoms with E-state index in [2.05, 4.69) is 36.7 Å². The summed E-state index contributed by atoms with van der Waals surface area (Å²) in [7, 11) is 0. The van der Waals surface area contributed by atoms with Gasteiger partial charge in [0.15, 0.2) is 0 Å². The molecule has 0 aromatic heterocycles. The molecule has 5 rings (SSSR count). The van der Waals surface area contributed by atoms with E-state index in [1.54, 1.807) is 24.3 Å². The molecule has 1 spiro atoms. The summed E-state index contributed by atoms with van der Waals surface area (Å²) in [5.41, 5.74) is -0.00278. The Morgan fingerprint density at radius 2 is 1.87 bits per heavy atom. The van der Waals surface area contributed by atoms with E-state index < -0.39 is 29.2 Å². The average molecular weight is 563 g/mol. The molecule has 1 saturated heterocycles. The third kappa shape index (κ3) is 4.72. The van der Waals surface area contributed by atoms with Crippen molar-refractivity contribution in [1.29, 1.82) is 0 Å². The van der Waals surface area contributed by atoms with Gasteiger partial charge in [0.25, 0.3) is 0 Å². The fourth-order valence-electron chi connectivity index (χ4n) is 6.66. The van der Waals surface area contributed by atoms with Gasteiger partial charge in [-0.05, 0) is 66.8 Å². The zero-order chi connectivity index (χ0) is 27.4. The molecule has 2 fully saturated rings. The summed E-state index contributed by atoms with van der Waals surface area (Å²) >= 11 is 12.5. The van der Waals surface area contributed by atoms with Gasteiger partial charge in [0, 0.05) is 28.7 Å². The van der Waals surface area contributed by atoms with E-state index >= 15 is 4.39 Å². The number of aliphatic hydroxyl groups excluding tert-OH is 1. The molecule has 6 nitrogen and oxygen atoms in total. The highest BCUT2D eigenvalue weighted by atomic mass is 35.5. The van der Waals surface area contributed by atoms with Crippen LogP contribution in [0.5, 0.6) is 0 Å². The van der Waals surface area contributed by atoms with Crippen LogP contribution in [0.4, 0.5) is 10.1 Å². The Morgan fingerprint density at radius 1 is 1.16 bits per heavy atom. The number of halogens is 3. The van der Waals surface area contributed by atoms with Crippen molar-refractivity contribution < 1.29 is 19.1 Å². The van der Waals surface area contributed by atoms with Crippen LogP contribution in [-0.2, 0) is 15.0 Å². The van der Waals surface area contributed by atoms with Gasteiger partial charge < -0.3 is 21.1 Å². The van der Waals surface area contributed by atoms with Crippen LogP contribution in [-0.4, -0.2) is 41.2 Å². The summed E-state index contributed by atoms with van der Waals surface area (Å²) in [6.07, 6.45) is 2.75. The van der Waals surface area contributed by atoms with Gasteiger partial charge in [-0.2, -0.15) is 0 Å². The average Bonchev–Trinajstić information content (AvgIpc) is 3.31. The molecule has 1 aliphatic carbocycles. The number of carbonyl (C=O) groups is 2. The molecule has 38 heavy (non-hydrogen) atoms. The number of aliphatic hydroxyl groups is 1. The highest BCUT2D eigenvalue weighted by molar-refractivity contribution is 6.31. The maximum absolute atomic E-state index is 15.8. The van der Waals surface area contributed by atoms with Crippen molar-refractivity contribution >= 4 is 40.7 Å². The molecule has 2 heterocycles. The number of anilines is 1. The van der Waals surface area contributed by atoms with Crippen molar-refractivity contribution in [2.45, 2.75) is 88.4 Å². The topological polar surface area (TPSA) is 90.5 Å². The molecule has 0 radical (unpaired) electrons. The van der Waals surface area contributed by atoms with E-state index in [-0.39, 0.29) is 40.0 Å². The third-order valence-electron chi connectivity index (χ3n) is 8.26. The number of nitrogens with one attached hydrogen (secondary N) is 3. The Labute approximate surface area is 232 Å². The van der Waals surface area contributed by atoms with E-state index in [1.807, 2.05) is 6.07 Å². The minimum atomic E-state index is -1.27. The molecule has 0 bridgehead atoms. The Hall–Kier alpha value is -2.19. The van der Waals surface area contributed by atoms with Gasteiger partial charge in [0.1, 0.15) is 11.2 Å². The normalized spacial score (nSPS) is 30.8. The standard InChI is InChI=1S/C29H34Cl2FN3O3/c1-28(2,3)14-22-29(19-12-7-15(30)13-21(19)34-27(29)38)23(18-5-4-6-20(31)24(18)32)25(35-22)26(37)33-16-8-10-17(36)11-9-16/h4-7,12-13,16-17,22-23,25,35-36H,8-11,14H2,1-3H3,(H,33,37)(H,34,38)/t16-,17-,22-,23+,25-,29-/m1/s1. The second-order valence-corrected chi connectivity index (χ2v) is 13.0. The van der Waals surface area contributed by atoms with Crippen LogP contribution >= 0.6 is 23.2 Å². The van der Waals surface area contributed by atoms with Crippen molar-refractivity contribution in [3.8, 4) is 0 Å². The Balaban J connectivity index is 1.67. The summed E-state index contributed by atoms with van der Waals surface area (Å²) in [6, 6.07) is 8.50. The second-order valence-electron chi connectivity index (χ2n) is 12.1. The summed E-state index contributed by atoms with van der Waals surface area (Å²) in [6.45, 7) is 6.23. The fourth-order valence-corrected chi connectivity index (χ4v) is 7.02. The molecule has 2 aromatic rings. The summed E-state index contributed by atoms with van der Waals surface area (Å²) in [4.78, 5) is 28.1. The lowest BCUT2D eigenvalue weighted by Crippen LogP contribution is -2.50. The van der Waals surface area contributed by atoms with E-state index in [0.29, 0.717) is 48.4 Å². The molecule has 4 N–H and O–H groups in total. The van der Waals surface area contributed by atoms with Crippen molar-refractivity contribution in [3.05, 3.63) is 63.4 Å². The van der Waals surface area contributed by atoms with Crippen LogP contribution in [0.1, 0.15) is 69.9 Å². The maximum atomic E-state index is 15.8. The van der Waals surface area contributed by atoms with Gasteiger partial charge in [-0.1, -0.05) is 62.2 Å². The predicted molar refractivity (Wildman–Crippen MR) is 147 cm³/mol. The first kappa shape index (κ1) is 27.4. The van der Waals surface area contributed by atoms with Crippen LogP contribution in [0, 0.1) is 11.2 Å². The molecular weight excluding hydrogens is 528 g/mol. The number of amides is 2. The van der Waals surface area contributed by atoms with Crippen molar-refractivity contribution in [2.75, 3.05) is 5.32 Å². The minimum Gasteiger partial charge on any atom is -0.393 e. The predicted octanol–water partition coefficient (Wildman–Crippen LogP) is 5.30. The largest absolute Gasteiger partial charge is 0.393 e. The monoisotopic (exact) mass is 561 g/mol. The van der Waals surface area contributed by atoms with Crippen LogP contribution in [0.3, 0.4) is 0 Å². The Morgan fingerprint density at radius 3 is 2.55 bits per heavy atom. The van der Waals surface area contributed by atoms with Gasteiger partial charge in [-0.3, -0.25) is 9.59 Å². The molecule has 1 saturated carbocycles. The second kappa shape index (κ2) is 10.1. The number of rotatable bonds is 4. The molecule has 2 aromatic carbocycles.